The molecule has 0 radical (unpaired) electrons. The highest BCUT2D eigenvalue weighted by atomic mass is 16.7. The Labute approximate surface area is 150 Å². The molecule has 138 valence electrons. The highest BCUT2D eigenvalue weighted by molar-refractivity contribution is 5.88. The van der Waals surface area contributed by atoms with Crippen LogP contribution in [-0.2, 0) is 24.0 Å². The Morgan fingerprint density at radius 1 is 1.31 bits per heavy atom. The van der Waals surface area contributed by atoms with Gasteiger partial charge < -0.3 is 9.84 Å². The maximum absolute atomic E-state index is 12.5. The van der Waals surface area contributed by atoms with Crippen molar-refractivity contribution in [3.63, 3.8) is 0 Å². The number of benzene rings is 1. The number of esters is 1. The predicted octanol–water partition coefficient (Wildman–Crippen LogP) is 0.540. The van der Waals surface area contributed by atoms with Crippen molar-refractivity contribution in [3.05, 3.63) is 48.0 Å². The Morgan fingerprint density at radius 2 is 2.04 bits per heavy atom. The van der Waals surface area contributed by atoms with Gasteiger partial charge in [0.2, 0.25) is 5.91 Å². The van der Waals surface area contributed by atoms with Crippen LogP contribution < -0.4 is 0 Å². The first-order valence-electron chi connectivity index (χ1n) is 8.29. The first kappa shape index (κ1) is 18.1. The maximum atomic E-state index is 12.5. The Hall–Kier alpha value is -2.71. The van der Waals surface area contributed by atoms with Gasteiger partial charge in [0, 0.05) is 6.42 Å². The molecule has 0 spiro atoms. The third kappa shape index (κ3) is 3.47. The topological polar surface area (TPSA) is 96.4 Å². The number of hydrogen-bond acceptors (Lipinski definition) is 6. The zero-order valence-corrected chi connectivity index (χ0v) is 14.3. The van der Waals surface area contributed by atoms with Crippen LogP contribution in [0.25, 0.3) is 0 Å². The fourth-order valence-electron chi connectivity index (χ4n) is 3.07. The van der Waals surface area contributed by atoms with Crippen LogP contribution in [0.4, 0.5) is 0 Å². The number of likely N-dealkylation sites (tertiary alicyclic amines) is 1. The number of carbonyl (C=O) groups is 3. The van der Waals surface area contributed by atoms with Crippen molar-refractivity contribution < 1.29 is 29.1 Å². The summed E-state index contributed by atoms with van der Waals surface area (Å²) in [6.07, 6.45) is 1.51. The molecule has 1 saturated heterocycles. The molecular weight excluding hydrogens is 340 g/mol. The summed E-state index contributed by atoms with van der Waals surface area (Å²) < 4.78 is 4.74. The van der Waals surface area contributed by atoms with Crippen LogP contribution >= 0.6 is 0 Å². The van der Waals surface area contributed by atoms with Crippen molar-refractivity contribution >= 4 is 17.8 Å². The number of aliphatic hydroxyl groups is 1. The zero-order valence-electron chi connectivity index (χ0n) is 14.3. The molecule has 26 heavy (non-hydrogen) atoms. The number of methoxy groups -OCH3 is 1. The molecule has 2 aliphatic rings. The summed E-state index contributed by atoms with van der Waals surface area (Å²) in [5, 5.41) is 11.3. The first-order chi connectivity index (χ1) is 12.5. The average Bonchev–Trinajstić information content (AvgIpc) is 3.08. The standard InChI is InChI=1S/C18H20N2O6/c1-25-18(24)13-9-10-14(21)20(13)15-8-5-11-19(26-15)17(23)16(22)12-6-3-2-4-7-12/h2-8,13,15-16,22H,9-11H2,1H3/t13-,15-,16+/m0/s1. The van der Waals surface area contributed by atoms with Gasteiger partial charge in [-0.3, -0.25) is 14.5 Å². The SMILES string of the molecule is COC(=O)[C@@H]1CCC(=O)N1[C@@H]1C=CCN(C(=O)[C@H](O)c2ccccc2)O1. The number of rotatable bonds is 4. The molecule has 1 aromatic rings. The second kappa shape index (κ2) is 7.67. The summed E-state index contributed by atoms with van der Waals surface area (Å²) >= 11 is 0. The summed E-state index contributed by atoms with van der Waals surface area (Å²) in [6, 6.07) is 7.73. The molecule has 1 aromatic carbocycles. The molecular formula is C18H20N2O6. The number of aliphatic hydroxyl groups excluding tert-OH is 1. The Balaban J connectivity index is 1.74. The van der Waals surface area contributed by atoms with E-state index in [1.807, 2.05) is 0 Å². The minimum Gasteiger partial charge on any atom is -0.467 e. The van der Waals surface area contributed by atoms with Gasteiger partial charge in [-0.05, 0) is 18.1 Å². The number of ether oxygens (including phenoxy) is 1. The van der Waals surface area contributed by atoms with E-state index in [2.05, 4.69) is 0 Å². The van der Waals surface area contributed by atoms with Gasteiger partial charge in [-0.25, -0.2) is 14.7 Å². The zero-order chi connectivity index (χ0) is 18.7. The fourth-order valence-corrected chi connectivity index (χ4v) is 3.07. The van der Waals surface area contributed by atoms with E-state index in [0.29, 0.717) is 12.0 Å². The van der Waals surface area contributed by atoms with E-state index in [4.69, 9.17) is 9.57 Å². The average molecular weight is 360 g/mol. The number of hydrogen-bond donors (Lipinski definition) is 1. The molecule has 0 unspecified atom stereocenters. The van der Waals surface area contributed by atoms with Crippen molar-refractivity contribution in [1.82, 2.24) is 9.96 Å². The van der Waals surface area contributed by atoms with Crippen molar-refractivity contribution in [2.75, 3.05) is 13.7 Å². The van der Waals surface area contributed by atoms with Gasteiger partial charge in [0.25, 0.3) is 5.91 Å². The monoisotopic (exact) mass is 360 g/mol. The predicted molar refractivity (Wildman–Crippen MR) is 89.0 cm³/mol. The number of carbonyl (C=O) groups excluding carboxylic acids is 3. The molecule has 2 aliphatic heterocycles. The Kier molecular flexibility index (Phi) is 5.34. The second-order valence-electron chi connectivity index (χ2n) is 6.02. The smallest absolute Gasteiger partial charge is 0.328 e. The van der Waals surface area contributed by atoms with Crippen molar-refractivity contribution in [3.8, 4) is 0 Å². The molecule has 0 saturated carbocycles. The summed E-state index contributed by atoms with van der Waals surface area (Å²) in [5.41, 5.74) is 0.442. The first-order valence-corrected chi connectivity index (χ1v) is 8.29. The van der Waals surface area contributed by atoms with Gasteiger partial charge in [-0.2, -0.15) is 0 Å². The summed E-state index contributed by atoms with van der Waals surface area (Å²) in [4.78, 5) is 43.5. The molecule has 1 fully saturated rings. The Morgan fingerprint density at radius 3 is 2.73 bits per heavy atom. The van der Waals surface area contributed by atoms with Gasteiger partial charge >= 0.3 is 5.97 Å². The maximum Gasteiger partial charge on any atom is 0.328 e. The van der Waals surface area contributed by atoms with Gasteiger partial charge in [0.05, 0.1) is 13.7 Å². The van der Waals surface area contributed by atoms with E-state index >= 15 is 0 Å². The van der Waals surface area contributed by atoms with E-state index in [-0.39, 0.29) is 18.9 Å². The van der Waals surface area contributed by atoms with Crippen LogP contribution in [-0.4, -0.2) is 58.8 Å². The molecule has 2 amide bonds. The lowest BCUT2D eigenvalue weighted by molar-refractivity contribution is -0.232. The molecule has 1 N–H and O–H groups in total. The van der Waals surface area contributed by atoms with E-state index in [9.17, 15) is 19.5 Å². The van der Waals surface area contributed by atoms with Crippen LogP contribution in [0.15, 0.2) is 42.5 Å². The number of amides is 2. The van der Waals surface area contributed by atoms with Crippen molar-refractivity contribution in [1.29, 1.82) is 0 Å². The lowest BCUT2D eigenvalue weighted by Gasteiger charge is -2.36. The fraction of sp³-hybridized carbons (Fsp3) is 0.389. The molecule has 8 nitrogen and oxygen atoms in total. The van der Waals surface area contributed by atoms with Crippen LogP contribution in [0.3, 0.4) is 0 Å². The van der Waals surface area contributed by atoms with Gasteiger partial charge in [-0.15, -0.1) is 0 Å². The molecule has 0 bridgehead atoms. The van der Waals surface area contributed by atoms with Gasteiger partial charge in [-0.1, -0.05) is 36.4 Å². The lowest BCUT2D eigenvalue weighted by Crippen LogP contribution is -2.51. The van der Waals surface area contributed by atoms with Crippen LogP contribution in [0.2, 0.25) is 0 Å². The lowest BCUT2D eigenvalue weighted by atomic mass is 10.1. The molecule has 3 rings (SSSR count). The third-order valence-electron chi connectivity index (χ3n) is 4.41. The molecule has 0 aromatic heterocycles. The Bertz CT molecular complexity index is 720. The highest BCUT2D eigenvalue weighted by Crippen LogP contribution is 2.27. The third-order valence-corrected chi connectivity index (χ3v) is 4.41. The summed E-state index contributed by atoms with van der Waals surface area (Å²) in [7, 11) is 1.26. The number of hydroxylamine groups is 2. The molecule has 8 heteroatoms. The van der Waals surface area contributed by atoms with Crippen LogP contribution in [0, 0.1) is 0 Å². The van der Waals surface area contributed by atoms with E-state index in [1.54, 1.807) is 42.5 Å². The van der Waals surface area contributed by atoms with E-state index in [0.717, 1.165) is 5.06 Å². The number of nitrogens with zero attached hydrogens (tertiary/aromatic N) is 2. The highest BCUT2D eigenvalue weighted by Gasteiger charge is 2.43. The van der Waals surface area contributed by atoms with Crippen molar-refractivity contribution in [2.45, 2.75) is 31.2 Å². The summed E-state index contributed by atoms with van der Waals surface area (Å²) in [5.74, 6) is -1.43. The quantitative estimate of drug-likeness (QED) is 0.622. The van der Waals surface area contributed by atoms with E-state index < -0.39 is 30.3 Å². The largest absolute Gasteiger partial charge is 0.467 e. The van der Waals surface area contributed by atoms with Crippen LogP contribution in [0.1, 0.15) is 24.5 Å². The van der Waals surface area contributed by atoms with E-state index in [1.165, 1.54) is 12.0 Å². The van der Waals surface area contributed by atoms with Gasteiger partial charge in [0.1, 0.15) is 6.04 Å². The molecule has 0 aliphatic carbocycles. The minimum absolute atomic E-state index is 0.129. The molecule has 3 atom stereocenters. The minimum atomic E-state index is -1.38. The molecule has 2 heterocycles. The van der Waals surface area contributed by atoms with Crippen molar-refractivity contribution in [2.24, 2.45) is 0 Å². The van der Waals surface area contributed by atoms with Gasteiger partial charge in [0.15, 0.2) is 12.3 Å². The normalized spacial score (nSPS) is 23.8. The second-order valence-corrected chi connectivity index (χ2v) is 6.02. The van der Waals surface area contributed by atoms with Crippen LogP contribution in [0.5, 0.6) is 0 Å². The summed E-state index contributed by atoms with van der Waals surface area (Å²) in [6.45, 7) is 0.129.